The van der Waals surface area contributed by atoms with Gasteiger partial charge in [-0.25, -0.2) is 0 Å². The second kappa shape index (κ2) is 5.64. The van der Waals surface area contributed by atoms with Crippen LogP contribution in [0.1, 0.15) is 13.8 Å². The summed E-state index contributed by atoms with van der Waals surface area (Å²) in [6, 6.07) is 5.89. The lowest BCUT2D eigenvalue weighted by Crippen LogP contribution is -2.15. The first kappa shape index (κ1) is 14.2. The summed E-state index contributed by atoms with van der Waals surface area (Å²) >= 11 is 1.22. The molecule has 1 aromatic carbocycles. The van der Waals surface area contributed by atoms with Crippen molar-refractivity contribution in [1.29, 1.82) is 0 Å². The lowest BCUT2D eigenvalue weighted by Gasteiger charge is -2.22. The lowest BCUT2D eigenvalue weighted by molar-refractivity contribution is -0.384. The Hall–Kier alpha value is -0.880. The molecule has 1 N–H and O–H groups in total. The molecule has 1 unspecified atom stereocenters. The van der Waals surface area contributed by atoms with Gasteiger partial charge in [-0.2, -0.15) is 0 Å². The number of nitro groups is 1. The number of non-ortho nitro benzene ring substituents is 1. The Kier molecular flexibility index (Phi) is 4.70. The first-order chi connectivity index (χ1) is 7.80. The van der Waals surface area contributed by atoms with Crippen molar-refractivity contribution >= 4 is 25.7 Å². The summed E-state index contributed by atoms with van der Waals surface area (Å²) in [5, 5.41) is 10.4. The van der Waals surface area contributed by atoms with Crippen LogP contribution < -0.4 is 0 Å². The molecule has 0 spiro atoms. The van der Waals surface area contributed by atoms with Gasteiger partial charge in [0.05, 0.1) is 4.92 Å². The Morgan fingerprint density at radius 1 is 1.41 bits per heavy atom. The van der Waals surface area contributed by atoms with Crippen molar-refractivity contribution in [2.75, 3.05) is 0 Å². The predicted molar refractivity (Wildman–Crippen MR) is 65.3 cm³/mol. The third kappa shape index (κ3) is 4.87. The third-order valence-electron chi connectivity index (χ3n) is 1.74. The number of nitro benzene ring substituents is 1. The molecule has 0 saturated carbocycles. The van der Waals surface area contributed by atoms with E-state index < -0.39 is 18.1 Å². The minimum atomic E-state index is -3.01. The molecule has 0 saturated heterocycles. The van der Waals surface area contributed by atoms with Crippen molar-refractivity contribution in [3.8, 4) is 0 Å². The van der Waals surface area contributed by atoms with Gasteiger partial charge in [-0.3, -0.25) is 19.2 Å². The van der Waals surface area contributed by atoms with Crippen LogP contribution >= 0.6 is 20.0 Å². The van der Waals surface area contributed by atoms with E-state index in [0.717, 1.165) is 4.90 Å². The maximum Gasteiger partial charge on any atom is 0.317 e. The van der Waals surface area contributed by atoms with Gasteiger partial charge in [-0.05, 0) is 26.0 Å². The molecular weight excluding hydrogens is 265 g/mol. The molecule has 0 aliphatic carbocycles. The van der Waals surface area contributed by atoms with Crippen LogP contribution in [0.4, 0.5) is 5.69 Å². The predicted octanol–water partition coefficient (Wildman–Crippen LogP) is 2.82. The van der Waals surface area contributed by atoms with E-state index in [2.05, 4.69) is 0 Å². The van der Waals surface area contributed by atoms with E-state index in [-0.39, 0.29) is 5.69 Å². The molecule has 1 atom stereocenters. The Morgan fingerprint density at radius 2 is 1.94 bits per heavy atom. The quantitative estimate of drug-likeness (QED) is 0.292. The van der Waals surface area contributed by atoms with Gasteiger partial charge in [0.2, 0.25) is 0 Å². The first-order valence-electron chi connectivity index (χ1n) is 4.65. The average molecular weight is 277 g/mol. The minimum Gasteiger partial charge on any atom is -0.326 e. The van der Waals surface area contributed by atoms with Crippen LogP contribution in [-0.4, -0.2) is 14.7 Å². The molecule has 0 bridgehead atoms. The number of rotatable bonds is 5. The zero-order valence-corrected chi connectivity index (χ0v) is 11.1. The maximum atomic E-state index is 10.6. The van der Waals surface area contributed by atoms with E-state index >= 15 is 0 Å². The largest absolute Gasteiger partial charge is 0.326 e. The van der Waals surface area contributed by atoms with E-state index in [1.54, 1.807) is 26.0 Å². The van der Waals surface area contributed by atoms with Crippen molar-refractivity contribution in [3.05, 3.63) is 34.4 Å². The summed E-state index contributed by atoms with van der Waals surface area (Å²) in [5.41, 5.74) is 0.00353. The average Bonchev–Trinajstić information content (AvgIpc) is 2.15. The highest BCUT2D eigenvalue weighted by Crippen LogP contribution is 2.39. The smallest absolute Gasteiger partial charge is 0.317 e. The van der Waals surface area contributed by atoms with Gasteiger partial charge < -0.3 is 4.89 Å². The second-order valence-corrected chi connectivity index (χ2v) is 6.02. The van der Waals surface area contributed by atoms with E-state index in [1.807, 2.05) is 0 Å². The second-order valence-electron chi connectivity index (χ2n) is 3.62. The fourth-order valence-electron chi connectivity index (χ4n) is 1.15. The topological polar surface area (TPSA) is 89.7 Å². The molecule has 0 amide bonds. The molecule has 0 aliphatic rings. The van der Waals surface area contributed by atoms with Gasteiger partial charge in [0.15, 0.2) is 0 Å². The number of hydrogen-bond donors (Lipinski definition) is 1. The number of nitrogens with zero attached hydrogens (tertiary/aromatic N) is 1. The fourth-order valence-corrected chi connectivity index (χ4v) is 2.79. The molecule has 0 fully saturated rings. The highest BCUT2D eigenvalue weighted by Gasteiger charge is 2.22. The Balaban J connectivity index is 2.75. The molecular formula is C9H12NO5PS. The molecule has 17 heavy (non-hydrogen) atoms. The summed E-state index contributed by atoms with van der Waals surface area (Å²) in [4.78, 5) is 18.5. The summed E-state index contributed by atoms with van der Waals surface area (Å²) in [5.74, 6) is 0. The van der Waals surface area contributed by atoms with Crippen LogP contribution in [0.5, 0.6) is 0 Å². The molecule has 8 heteroatoms. The van der Waals surface area contributed by atoms with Gasteiger partial charge in [0.1, 0.15) is 4.93 Å². The Labute approximate surface area is 103 Å². The van der Waals surface area contributed by atoms with Crippen molar-refractivity contribution in [2.45, 2.75) is 23.7 Å². The van der Waals surface area contributed by atoms with Crippen LogP contribution in [-0.2, 0) is 9.09 Å². The standard InChI is InChI=1S/C9H12NO5PS/c1-9(2,15-16(13)14)17-8-5-3-7(4-6-8)10(11)12/h3-6,16H,1-2H3,(H,13,14). The zero-order valence-electron chi connectivity index (χ0n) is 9.25. The van der Waals surface area contributed by atoms with E-state index in [0.29, 0.717) is 0 Å². The lowest BCUT2D eigenvalue weighted by atomic mass is 10.3. The van der Waals surface area contributed by atoms with Gasteiger partial charge in [0.25, 0.3) is 5.69 Å². The number of hydrogen-bond acceptors (Lipinski definition) is 5. The maximum absolute atomic E-state index is 10.6. The molecule has 94 valence electrons. The van der Waals surface area contributed by atoms with E-state index in [9.17, 15) is 14.7 Å². The summed E-state index contributed by atoms with van der Waals surface area (Å²) < 4.78 is 15.5. The molecule has 0 aromatic heterocycles. The third-order valence-corrected chi connectivity index (χ3v) is 3.66. The first-order valence-corrected chi connectivity index (χ1v) is 6.73. The minimum absolute atomic E-state index is 0.00353. The van der Waals surface area contributed by atoms with Gasteiger partial charge in [0, 0.05) is 17.0 Å². The van der Waals surface area contributed by atoms with E-state index in [1.165, 1.54) is 23.9 Å². The van der Waals surface area contributed by atoms with Crippen LogP contribution in [0, 0.1) is 10.1 Å². The molecule has 1 rings (SSSR count). The highest BCUT2D eigenvalue weighted by atomic mass is 32.2. The van der Waals surface area contributed by atoms with Crippen molar-refractivity contribution in [2.24, 2.45) is 0 Å². The molecule has 6 nitrogen and oxygen atoms in total. The van der Waals surface area contributed by atoms with Crippen molar-refractivity contribution in [3.63, 3.8) is 0 Å². The van der Waals surface area contributed by atoms with Crippen molar-refractivity contribution in [1.82, 2.24) is 0 Å². The Morgan fingerprint density at radius 3 is 2.35 bits per heavy atom. The van der Waals surface area contributed by atoms with Crippen molar-refractivity contribution < 1.29 is 18.9 Å². The normalized spacial score (nSPS) is 13.4. The van der Waals surface area contributed by atoms with E-state index in [4.69, 9.17) is 9.42 Å². The summed E-state index contributed by atoms with van der Waals surface area (Å²) in [6.45, 7) is 3.30. The molecule has 0 aliphatic heterocycles. The highest BCUT2D eigenvalue weighted by molar-refractivity contribution is 8.00. The number of benzene rings is 1. The fraction of sp³-hybridized carbons (Fsp3) is 0.333. The molecule has 0 heterocycles. The van der Waals surface area contributed by atoms with Crippen LogP contribution in [0.25, 0.3) is 0 Å². The van der Waals surface area contributed by atoms with Crippen LogP contribution in [0.15, 0.2) is 29.2 Å². The summed E-state index contributed by atoms with van der Waals surface area (Å²) in [7, 11) is -3.01. The molecule has 0 radical (unpaired) electrons. The van der Waals surface area contributed by atoms with Crippen LogP contribution in [0.3, 0.4) is 0 Å². The van der Waals surface area contributed by atoms with Gasteiger partial charge in [-0.1, -0.05) is 11.8 Å². The van der Waals surface area contributed by atoms with Gasteiger partial charge >= 0.3 is 8.25 Å². The number of thioether (sulfide) groups is 1. The SMILES string of the molecule is CC(C)(O[PH](=O)O)Sc1ccc([N+](=O)[O-])cc1. The zero-order chi connectivity index (χ0) is 13.1. The summed E-state index contributed by atoms with van der Waals surface area (Å²) in [6.07, 6.45) is 0. The Bertz CT molecular complexity index is 434. The van der Waals surface area contributed by atoms with Gasteiger partial charge in [-0.15, -0.1) is 0 Å². The van der Waals surface area contributed by atoms with Crippen LogP contribution in [0.2, 0.25) is 0 Å². The molecule has 1 aromatic rings. The monoisotopic (exact) mass is 277 g/mol.